The van der Waals surface area contributed by atoms with Gasteiger partial charge in [-0.25, -0.2) is 28.8 Å². The molecular formula is C24H28O16. The number of carbonyl (C=O) groups is 8. The highest BCUT2D eigenvalue weighted by Gasteiger charge is 2.38. The van der Waals surface area contributed by atoms with Gasteiger partial charge >= 0.3 is 47.8 Å². The highest BCUT2D eigenvalue weighted by molar-refractivity contribution is 5.85. The molecule has 0 amide bonds. The molecule has 0 saturated carbocycles. The van der Waals surface area contributed by atoms with Crippen LogP contribution >= 0.6 is 0 Å². The van der Waals surface area contributed by atoms with Crippen LogP contribution in [0.15, 0.2) is 38.0 Å². The molecule has 0 saturated heterocycles. The molecule has 220 valence electrons. The lowest BCUT2D eigenvalue weighted by molar-refractivity contribution is -0.178. The summed E-state index contributed by atoms with van der Waals surface area (Å²) in [5, 5.41) is 8.74. The maximum atomic E-state index is 12.1. The van der Waals surface area contributed by atoms with Crippen molar-refractivity contribution in [2.75, 3.05) is 46.2 Å². The van der Waals surface area contributed by atoms with Crippen LogP contribution in [0, 0.1) is 5.41 Å². The molecule has 1 N–H and O–H groups in total. The summed E-state index contributed by atoms with van der Waals surface area (Å²) in [4.78, 5) is 92.5. The predicted molar refractivity (Wildman–Crippen MR) is 127 cm³/mol. The van der Waals surface area contributed by atoms with Crippen LogP contribution in [0.1, 0.15) is 12.8 Å². The summed E-state index contributed by atoms with van der Waals surface area (Å²) in [5.41, 5.74) is -1.83. The third-order valence-corrected chi connectivity index (χ3v) is 4.20. The van der Waals surface area contributed by atoms with Crippen LogP contribution in [0.3, 0.4) is 0 Å². The molecule has 40 heavy (non-hydrogen) atoms. The fraction of sp³-hybridized carbons (Fsp3) is 0.417. The van der Waals surface area contributed by atoms with Gasteiger partial charge in [-0.3, -0.25) is 9.59 Å². The topological polar surface area (TPSA) is 221 Å². The van der Waals surface area contributed by atoms with Gasteiger partial charge in [0, 0.05) is 18.2 Å². The van der Waals surface area contributed by atoms with Crippen LogP contribution in [0.4, 0.5) is 0 Å². The zero-order valence-corrected chi connectivity index (χ0v) is 21.3. The van der Waals surface area contributed by atoms with Gasteiger partial charge < -0.3 is 38.3 Å². The lowest BCUT2D eigenvalue weighted by Gasteiger charge is -2.31. The first kappa shape index (κ1) is 35.0. The Morgan fingerprint density at radius 1 is 0.500 bits per heavy atom. The molecule has 0 fully saturated rings. The quantitative estimate of drug-likeness (QED) is 0.107. The number of rotatable bonds is 20. The minimum Gasteiger partial charge on any atom is -0.481 e. The molecule has 0 aliphatic carbocycles. The highest BCUT2D eigenvalue weighted by atomic mass is 16.6. The molecule has 0 aliphatic rings. The standard InChI is InChI=1S/C24H28O16/c1-4-17(27)34-9-21(31)38-13-24(12-37-20(30)8-7-16(25)26,14-39-22(32)10-35-18(28)5-2)15-40-23(33)11-36-19(29)6-3/h4-6H,1-3,7-15H2,(H,25,26). The van der Waals surface area contributed by atoms with Crippen LogP contribution in [0.2, 0.25) is 0 Å². The summed E-state index contributed by atoms with van der Waals surface area (Å²) in [5.74, 6) is -8.49. The van der Waals surface area contributed by atoms with Crippen LogP contribution in [0.25, 0.3) is 0 Å². The van der Waals surface area contributed by atoms with Gasteiger partial charge in [0.15, 0.2) is 19.8 Å². The number of aliphatic carboxylic acids is 1. The summed E-state index contributed by atoms with van der Waals surface area (Å²) in [7, 11) is 0. The normalized spacial score (nSPS) is 10.1. The molecule has 0 heterocycles. The Balaban J connectivity index is 5.76. The molecule has 0 aliphatic heterocycles. The average Bonchev–Trinajstić information content (AvgIpc) is 2.94. The van der Waals surface area contributed by atoms with Crippen LogP contribution < -0.4 is 0 Å². The highest BCUT2D eigenvalue weighted by Crippen LogP contribution is 2.22. The minimum atomic E-state index is -1.83. The monoisotopic (exact) mass is 572 g/mol. The van der Waals surface area contributed by atoms with E-state index >= 15 is 0 Å². The van der Waals surface area contributed by atoms with E-state index in [-0.39, 0.29) is 0 Å². The Labute approximate surface area is 227 Å². The fourth-order valence-electron chi connectivity index (χ4n) is 2.16. The molecular weight excluding hydrogens is 544 g/mol. The van der Waals surface area contributed by atoms with Gasteiger partial charge in [0.05, 0.1) is 12.8 Å². The summed E-state index contributed by atoms with van der Waals surface area (Å²) < 4.78 is 33.7. The van der Waals surface area contributed by atoms with Crippen molar-refractivity contribution in [3.63, 3.8) is 0 Å². The molecule has 0 radical (unpaired) electrons. The lowest BCUT2D eigenvalue weighted by Crippen LogP contribution is -2.44. The van der Waals surface area contributed by atoms with Gasteiger partial charge in [-0.15, -0.1) is 0 Å². The van der Waals surface area contributed by atoms with Gasteiger partial charge in [0.25, 0.3) is 0 Å². The van der Waals surface area contributed by atoms with Gasteiger partial charge in [-0.05, 0) is 0 Å². The number of ether oxygens (including phenoxy) is 7. The van der Waals surface area contributed by atoms with Crippen molar-refractivity contribution in [3.8, 4) is 0 Å². The summed E-state index contributed by atoms with van der Waals surface area (Å²) in [6, 6.07) is 0. The molecule has 0 aromatic rings. The Morgan fingerprint density at radius 3 is 1.07 bits per heavy atom. The predicted octanol–water partition coefficient (Wildman–Crippen LogP) is -0.802. The van der Waals surface area contributed by atoms with Crippen molar-refractivity contribution >= 4 is 47.8 Å². The second kappa shape index (κ2) is 19.1. The number of carbonyl (C=O) groups excluding carboxylic acids is 7. The van der Waals surface area contributed by atoms with E-state index in [1.807, 2.05) is 0 Å². The van der Waals surface area contributed by atoms with E-state index < -0.39 is 112 Å². The molecule has 0 atom stereocenters. The largest absolute Gasteiger partial charge is 0.481 e. The van der Waals surface area contributed by atoms with Gasteiger partial charge in [0.1, 0.15) is 31.8 Å². The summed E-state index contributed by atoms with van der Waals surface area (Å²) in [6.07, 6.45) is 1.21. The van der Waals surface area contributed by atoms with E-state index in [1.165, 1.54) is 0 Å². The first-order valence-corrected chi connectivity index (χ1v) is 11.1. The summed E-state index contributed by atoms with van der Waals surface area (Å²) >= 11 is 0. The molecule has 0 aromatic carbocycles. The number of carboxylic acid groups (broad SMARTS) is 1. The molecule has 0 spiro atoms. The Bertz CT molecular complexity index is 897. The first-order valence-electron chi connectivity index (χ1n) is 11.1. The van der Waals surface area contributed by atoms with E-state index in [4.69, 9.17) is 24.1 Å². The minimum absolute atomic E-state index is 0.558. The van der Waals surface area contributed by atoms with Crippen LogP contribution in [0.5, 0.6) is 0 Å². The van der Waals surface area contributed by atoms with E-state index in [0.717, 1.165) is 18.2 Å². The van der Waals surface area contributed by atoms with Crippen molar-refractivity contribution in [1.29, 1.82) is 0 Å². The van der Waals surface area contributed by atoms with Crippen molar-refractivity contribution in [2.45, 2.75) is 12.8 Å². The third kappa shape index (κ3) is 16.7. The van der Waals surface area contributed by atoms with Gasteiger partial charge in [-0.2, -0.15) is 0 Å². The Morgan fingerprint density at radius 2 is 0.800 bits per heavy atom. The van der Waals surface area contributed by atoms with E-state index in [2.05, 4.69) is 33.9 Å². The Hall–Kier alpha value is -5.02. The SMILES string of the molecule is C=CC(=O)OCC(=O)OCC(COC(=O)CCC(=O)O)(COC(=O)COC(=O)C=C)COC(=O)COC(=O)C=C. The van der Waals surface area contributed by atoms with E-state index in [0.29, 0.717) is 0 Å². The van der Waals surface area contributed by atoms with Crippen molar-refractivity contribution in [1.82, 2.24) is 0 Å². The number of hydrogen-bond acceptors (Lipinski definition) is 15. The van der Waals surface area contributed by atoms with Crippen molar-refractivity contribution < 1.29 is 76.6 Å². The molecule has 16 nitrogen and oxygen atoms in total. The second-order valence-electron chi connectivity index (χ2n) is 7.47. The van der Waals surface area contributed by atoms with E-state index in [9.17, 15) is 38.4 Å². The van der Waals surface area contributed by atoms with Crippen molar-refractivity contribution in [2.24, 2.45) is 5.41 Å². The number of esters is 7. The van der Waals surface area contributed by atoms with Crippen molar-refractivity contribution in [3.05, 3.63) is 38.0 Å². The average molecular weight is 572 g/mol. The molecule has 0 aromatic heterocycles. The zero-order chi connectivity index (χ0) is 30.6. The van der Waals surface area contributed by atoms with Crippen LogP contribution in [-0.2, 0) is 71.5 Å². The molecule has 0 bridgehead atoms. The van der Waals surface area contributed by atoms with E-state index in [1.54, 1.807) is 0 Å². The van der Waals surface area contributed by atoms with Gasteiger partial charge in [0.2, 0.25) is 0 Å². The molecule has 0 unspecified atom stereocenters. The maximum Gasteiger partial charge on any atom is 0.344 e. The lowest BCUT2D eigenvalue weighted by atomic mass is 9.92. The molecule has 16 heteroatoms. The first-order chi connectivity index (χ1) is 18.9. The maximum absolute atomic E-state index is 12.1. The van der Waals surface area contributed by atoms with Gasteiger partial charge in [-0.1, -0.05) is 19.7 Å². The second-order valence-corrected chi connectivity index (χ2v) is 7.47. The Kier molecular flexibility index (Phi) is 16.7. The fourth-order valence-corrected chi connectivity index (χ4v) is 2.16. The number of hydrogen-bond donors (Lipinski definition) is 1. The zero-order valence-electron chi connectivity index (χ0n) is 21.3. The smallest absolute Gasteiger partial charge is 0.344 e. The third-order valence-electron chi connectivity index (χ3n) is 4.20. The summed E-state index contributed by atoms with van der Waals surface area (Å²) in [6.45, 7) is 3.77. The number of carboxylic acids is 1. The molecule has 0 rings (SSSR count). The van der Waals surface area contributed by atoms with Crippen LogP contribution in [-0.4, -0.2) is 99.1 Å².